The first kappa shape index (κ1) is 11.1. The summed E-state index contributed by atoms with van der Waals surface area (Å²) in [6.07, 6.45) is 3.28. The third kappa shape index (κ3) is 3.81. The van der Waals surface area contributed by atoms with Gasteiger partial charge < -0.3 is 5.73 Å². The van der Waals surface area contributed by atoms with Gasteiger partial charge in [-0.05, 0) is 30.3 Å². The van der Waals surface area contributed by atoms with Crippen LogP contribution in [0.1, 0.15) is 0 Å². The molecule has 0 aliphatic heterocycles. The smallest absolute Gasteiger partial charge is 0.0630 e. The van der Waals surface area contributed by atoms with Crippen molar-refractivity contribution in [1.29, 1.82) is 0 Å². The van der Waals surface area contributed by atoms with Crippen molar-refractivity contribution in [2.45, 2.75) is 0 Å². The van der Waals surface area contributed by atoms with Crippen LogP contribution in [0.15, 0.2) is 41.0 Å². The Hall–Kier alpha value is -0.990. The molecule has 0 heterocycles. The van der Waals surface area contributed by atoms with E-state index < -0.39 is 0 Å². The minimum absolute atomic E-state index is 0.312. The van der Waals surface area contributed by atoms with E-state index >= 15 is 0 Å². The molecule has 2 nitrogen and oxygen atoms in total. The van der Waals surface area contributed by atoms with Gasteiger partial charge in [-0.2, -0.15) is 0 Å². The summed E-state index contributed by atoms with van der Waals surface area (Å²) in [4.78, 5) is 4.14. The molecule has 1 aromatic rings. The summed E-state index contributed by atoms with van der Waals surface area (Å²) < 4.78 is 0. The van der Waals surface area contributed by atoms with E-state index in [-0.39, 0.29) is 0 Å². The lowest BCUT2D eigenvalue weighted by atomic mass is 10.3. The van der Waals surface area contributed by atoms with Crippen LogP contribution in [0.3, 0.4) is 0 Å². The monoisotopic (exact) mass is 228 g/mol. The van der Waals surface area contributed by atoms with Gasteiger partial charge in [0, 0.05) is 16.9 Å². The van der Waals surface area contributed by atoms with Crippen LogP contribution in [0, 0.1) is 0 Å². The molecule has 0 aromatic heterocycles. The molecule has 74 valence electrons. The third-order valence-corrected chi connectivity index (χ3v) is 2.05. The lowest BCUT2D eigenvalue weighted by Gasteiger charge is -1.92. The number of hydrogen-bond acceptors (Lipinski definition) is 2. The molecule has 0 atom stereocenters. The van der Waals surface area contributed by atoms with Gasteiger partial charge in [-0.3, -0.25) is 4.99 Å². The van der Waals surface area contributed by atoms with Gasteiger partial charge in [0.25, 0.3) is 0 Å². The predicted octanol–water partition coefficient (Wildman–Crippen LogP) is 3.12. The first-order valence-electron chi connectivity index (χ1n) is 4.02. The first-order chi connectivity index (χ1) is 6.72. The third-order valence-electron chi connectivity index (χ3n) is 1.49. The van der Waals surface area contributed by atoms with Crippen molar-refractivity contribution in [3.05, 3.63) is 41.1 Å². The number of alkyl halides is 1. The standard InChI is InChI=1S/C10H10Cl2N2/c11-7-9(13)5-6-14-10-3-1-8(12)2-4-10/h1-6H,7,13H2/b9-5-,14-6?. The molecule has 4 heteroatoms. The lowest BCUT2D eigenvalue weighted by molar-refractivity contribution is 1.33. The van der Waals surface area contributed by atoms with Crippen molar-refractivity contribution in [3.8, 4) is 0 Å². The van der Waals surface area contributed by atoms with Gasteiger partial charge in [0.05, 0.1) is 11.6 Å². The van der Waals surface area contributed by atoms with E-state index in [4.69, 9.17) is 28.9 Å². The molecule has 0 spiro atoms. The summed E-state index contributed by atoms with van der Waals surface area (Å²) in [6, 6.07) is 7.21. The predicted molar refractivity (Wildman–Crippen MR) is 62.6 cm³/mol. The molecule has 0 saturated carbocycles. The molecule has 2 N–H and O–H groups in total. The maximum Gasteiger partial charge on any atom is 0.0630 e. The quantitative estimate of drug-likeness (QED) is 0.627. The van der Waals surface area contributed by atoms with E-state index in [1.54, 1.807) is 24.4 Å². The average molecular weight is 229 g/mol. The number of rotatable bonds is 3. The van der Waals surface area contributed by atoms with E-state index in [9.17, 15) is 0 Å². The van der Waals surface area contributed by atoms with Gasteiger partial charge in [-0.1, -0.05) is 11.6 Å². The Morgan fingerprint density at radius 3 is 2.57 bits per heavy atom. The van der Waals surface area contributed by atoms with Gasteiger partial charge in [0.2, 0.25) is 0 Å². The normalized spacial score (nSPS) is 12.3. The van der Waals surface area contributed by atoms with Crippen LogP contribution in [0.2, 0.25) is 5.02 Å². The fourth-order valence-electron chi connectivity index (χ4n) is 0.791. The Labute approximate surface area is 93.0 Å². The summed E-state index contributed by atoms with van der Waals surface area (Å²) in [5.74, 6) is 0.312. The van der Waals surface area contributed by atoms with Crippen LogP contribution in [0.5, 0.6) is 0 Å². The molecule has 0 bridgehead atoms. The first-order valence-corrected chi connectivity index (χ1v) is 4.94. The highest BCUT2D eigenvalue weighted by molar-refractivity contribution is 6.30. The van der Waals surface area contributed by atoms with Crippen LogP contribution in [0.4, 0.5) is 5.69 Å². The average Bonchev–Trinajstić information content (AvgIpc) is 2.21. The topological polar surface area (TPSA) is 38.4 Å². The van der Waals surface area contributed by atoms with Crippen molar-refractivity contribution < 1.29 is 0 Å². The molecule has 0 saturated heterocycles. The van der Waals surface area contributed by atoms with Crippen molar-refractivity contribution in [2.24, 2.45) is 10.7 Å². The van der Waals surface area contributed by atoms with Gasteiger partial charge in [0.1, 0.15) is 0 Å². The van der Waals surface area contributed by atoms with Crippen molar-refractivity contribution in [3.63, 3.8) is 0 Å². The van der Waals surface area contributed by atoms with E-state index in [0.717, 1.165) is 5.69 Å². The molecule has 1 rings (SSSR count). The van der Waals surface area contributed by atoms with Crippen LogP contribution >= 0.6 is 23.2 Å². The molecule has 14 heavy (non-hydrogen) atoms. The number of halogens is 2. The number of benzene rings is 1. The maximum atomic E-state index is 5.72. The van der Waals surface area contributed by atoms with Gasteiger partial charge in [-0.15, -0.1) is 11.6 Å². The second kappa shape index (κ2) is 5.68. The Morgan fingerprint density at radius 2 is 2.00 bits per heavy atom. The number of hydrogen-bond donors (Lipinski definition) is 1. The highest BCUT2D eigenvalue weighted by Gasteiger charge is 1.87. The van der Waals surface area contributed by atoms with Crippen LogP contribution < -0.4 is 5.73 Å². The van der Waals surface area contributed by atoms with Gasteiger partial charge in [0.15, 0.2) is 0 Å². The number of aliphatic imine (C=N–C) groups is 1. The largest absolute Gasteiger partial charge is 0.401 e. The van der Waals surface area contributed by atoms with Crippen molar-refractivity contribution in [2.75, 3.05) is 5.88 Å². The SMILES string of the molecule is N/C(=C\C=Nc1ccc(Cl)cc1)CCl. The van der Waals surface area contributed by atoms with Crippen molar-refractivity contribution in [1.82, 2.24) is 0 Å². The van der Waals surface area contributed by atoms with E-state index in [1.165, 1.54) is 0 Å². The molecule has 0 amide bonds. The second-order valence-electron chi connectivity index (χ2n) is 2.63. The van der Waals surface area contributed by atoms with Gasteiger partial charge >= 0.3 is 0 Å². The number of allylic oxidation sites excluding steroid dienone is 2. The van der Waals surface area contributed by atoms with E-state index in [1.807, 2.05) is 12.1 Å². The highest BCUT2D eigenvalue weighted by atomic mass is 35.5. The minimum atomic E-state index is 0.312. The molecule has 0 aliphatic carbocycles. The second-order valence-corrected chi connectivity index (χ2v) is 3.33. The molecule has 0 fully saturated rings. The number of nitrogens with zero attached hydrogens (tertiary/aromatic N) is 1. The van der Waals surface area contributed by atoms with Crippen LogP contribution in [-0.4, -0.2) is 12.1 Å². The molecular weight excluding hydrogens is 219 g/mol. The lowest BCUT2D eigenvalue weighted by Crippen LogP contribution is -1.97. The fourth-order valence-corrected chi connectivity index (χ4v) is 1.01. The van der Waals surface area contributed by atoms with Gasteiger partial charge in [-0.25, -0.2) is 0 Å². The zero-order valence-corrected chi connectivity index (χ0v) is 8.96. The molecule has 1 aromatic carbocycles. The molecular formula is C10H10Cl2N2. The molecule has 0 radical (unpaired) electrons. The summed E-state index contributed by atoms with van der Waals surface area (Å²) >= 11 is 11.2. The fraction of sp³-hybridized carbons (Fsp3) is 0.100. The van der Waals surface area contributed by atoms with E-state index in [0.29, 0.717) is 16.6 Å². The Bertz CT molecular complexity index is 342. The van der Waals surface area contributed by atoms with E-state index in [2.05, 4.69) is 4.99 Å². The molecule has 0 unspecified atom stereocenters. The zero-order chi connectivity index (χ0) is 10.4. The Kier molecular flexibility index (Phi) is 4.50. The molecule has 0 aliphatic rings. The summed E-state index contributed by atoms with van der Waals surface area (Å²) in [6.45, 7) is 0. The summed E-state index contributed by atoms with van der Waals surface area (Å²) in [5, 5.41) is 0.694. The summed E-state index contributed by atoms with van der Waals surface area (Å²) in [5.41, 5.74) is 6.89. The minimum Gasteiger partial charge on any atom is -0.401 e. The van der Waals surface area contributed by atoms with Crippen molar-refractivity contribution >= 4 is 35.1 Å². The van der Waals surface area contributed by atoms with Crippen LogP contribution in [-0.2, 0) is 0 Å². The Balaban J connectivity index is 2.65. The zero-order valence-electron chi connectivity index (χ0n) is 7.45. The highest BCUT2D eigenvalue weighted by Crippen LogP contribution is 2.15. The Morgan fingerprint density at radius 1 is 1.36 bits per heavy atom. The summed E-state index contributed by atoms with van der Waals surface area (Å²) in [7, 11) is 0. The maximum absolute atomic E-state index is 5.72. The van der Waals surface area contributed by atoms with Crippen LogP contribution in [0.25, 0.3) is 0 Å². The number of nitrogens with two attached hydrogens (primary N) is 1.